The van der Waals surface area contributed by atoms with E-state index < -0.39 is 0 Å². The van der Waals surface area contributed by atoms with Crippen molar-refractivity contribution in [1.82, 2.24) is 22.4 Å². The quantitative estimate of drug-likeness (QED) is 0.291. The van der Waals surface area contributed by atoms with Gasteiger partial charge in [-0.2, -0.15) is 11.5 Å². The number of nitrogens with zero attached hydrogens (tertiary/aromatic N) is 5. The number of quaternary nitrogens is 1. The van der Waals surface area contributed by atoms with E-state index >= 15 is 0 Å². The molecule has 0 aliphatic carbocycles. The molecule has 0 saturated heterocycles. The molecule has 13 heteroatoms. The largest absolute Gasteiger partial charge is 0.793 e. The molecule has 0 unspecified atom stereocenters. The second-order valence-corrected chi connectivity index (χ2v) is 4.42. The summed E-state index contributed by atoms with van der Waals surface area (Å²) in [5.74, 6) is 1.67. The van der Waals surface area contributed by atoms with E-state index in [1.54, 1.807) is 0 Å². The van der Waals surface area contributed by atoms with Gasteiger partial charge in [0.1, 0.15) is 22.4 Å². The maximum atomic E-state index is 7.25. The Morgan fingerprint density at radius 1 is 0.619 bits per heavy atom. The molecule has 0 aliphatic heterocycles. The van der Waals surface area contributed by atoms with Crippen molar-refractivity contribution in [3.05, 3.63) is 19.6 Å². The van der Waals surface area contributed by atoms with Crippen LogP contribution >= 0.6 is 0 Å². The first-order valence-electron chi connectivity index (χ1n) is 4.51. The molecule has 21 heavy (non-hydrogen) atoms. The van der Waals surface area contributed by atoms with Crippen LogP contribution in [0.4, 0.5) is 0 Å². The van der Waals surface area contributed by atoms with E-state index in [9.17, 15) is 0 Å². The van der Waals surface area contributed by atoms with Crippen LogP contribution in [0.3, 0.4) is 0 Å². The molecule has 0 aromatic heterocycles. The van der Waals surface area contributed by atoms with Crippen molar-refractivity contribution in [2.75, 3.05) is 39.7 Å². The van der Waals surface area contributed by atoms with Crippen molar-refractivity contribution < 1.29 is 38.6 Å². The Morgan fingerprint density at radius 3 is 0.619 bits per heavy atom. The number of rotatable bonds is 0. The molecule has 0 amide bonds. The number of nitroso groups, excluding NO2 is 4. The fraction of sp³-hybridized carbons (Fsp3) is 1.00. The van der Waals surface area contributed by atoms with Gasteiger partial charge in [0.2, 0.25) is 0 Å². The zero-order valence-electron chi connectivity index (χ0n) is 12.8. The van der Waals surface area contributed by atoms with Gasteiger partial charge in [0.15, 0.2) is 0 Å². The van der Waals surface area contributed by atoms with Crippen LogP contribution < -0.4 is 22.4 Å². The Hall–Kier alpha value is 0.0990. The standard InChI is InChI=1S/C4H12N.2C2H6S.2Fe.4NO/c1-5(2,3)4;2*1-2-3;;;4*1-2/h1-4H3;2*3H,2H2,1H3;;;;;;/q+1;;;;;;;;/p-2. The third-order valence-electron chi connectivity index (χ3n) is 0. The van der Waals surface area contributed by atoms with Gasteiger partial charge >= 0.3 is 0 Å². The van der Waals surface area contributed by atoms with Gasteiger partial charge in [0, 0.05) is 34.1 Å². The molecule has 0 atom stereocenters. The minimum atomic E-state index is 0. The summed E-state index contributed by atoms with van der Waals surface area (Å²) in [6.07, 6.45) is 0. The Morgan fingerprint density at radius 2 is 0.619 bits per heavy atom. The van der Waals surface area contributed by atoms with Crippen LogP contribution in [0.2, 0.25) is 0 Å². The van der Waals surface area contributed by atoms with Gasteiger partial charge in [0.25, 0.3) is 0 Å². The zero-order valence-corrected chi connectivity index (χ0v) is 16.6. The topological polar surface area (TPSA) is 157 Å². The molecule has 0 aromatic carbocycles. The van der Waals surface area contributed by atoms with Gasteiger partial charge in [-0.3, -0.25) is 0 Å². The minimum absolute atomic E-state index is 0. The van der Waals surface area contributed by atoms with Crippen molar-refractivity contribution in [2.45, 2.75) is 13.8 Å². The molecular weight excluding hydrogens is 406 g/mol. The smallest absolute Gasteiger partial charge is 0.120 e. The summed E-state index contributed by atoms with van der Waals surface area (Å²) in [6, 6.07) is 0. The molecule has 132 valence electrons. The van der Waals surface area contributed by atoms with Gasteiger partial charge in [-0.1, -0.05) is 13.8 Å². The maximum Gasteiger partial charge on any atom is 0.120 e. The molecule has 0 saturated carbocycles. The summed E-state index contributed by atoms with van der Waals surface area (Å²) in [6.45, 7) is 3.88. The van der Waals surface area contributed by atoms with Gasteiger partial charge in [-0.25, -0.2) is 0 Å². The van der Waals surface area contributed by atoms with Crippen LogP contribution in [-0.4, -0.2) is 44.2 Å². The molecule has 0 heterocycles. The van der Waals surface area contributed by atoms with Crippen LogP contribution in [0.15, 0.2) is 0 Å². The van der Waals surface area contributed by atoms with Gasteiger partial charge in [-0.15, -0.1) is 19.6 Å². The summed E-state index contributed by atoms with van der Waals surface area (Å²) < 4.78 is 1.00. The SMILES string of the molecule is CC[S-].CC[S-].C[N+](C)(C)C.[Fe].[Fe].[N]=O.[N]=O.[N]=O.[N]=O. The average Bonchev–Trinajstić information content (AvgIpc) is 2.38. The van der Waals surface area contributed by atoms with E-state index in [4.69, 9.17) is 42.0 Å². The van der Waals surface area contributed by atoms with Crippen molar-refractivity contribution in [3.63, 3.8) is 0 Å². The molecule has 0 bridgehead atoms. The summed E-state index contributed by atoms with van der Waals surface area (Å²) in [5.41, 5.74) is 23.0. The van der Waals surface area contributed by atoms with Crippen LogP contribution in [0.5, 0.6) is 0 Å². The van der Waals surface area contributed by atoms with E-state index in [0.29, 0.717) is 0 Å². The van der Waals surface area contributed by atoms with Crippen molar-refractivity contribution in [1.29, 1.82) is 0 Å². The maximum absolute atomic E-state index is 7.25. The number of hydrogen-bond donors (Lipinski definition) is 0. The van der Waals surface area contributed by atoms with E-state index in [0.717, 1.165) is 16.0 Å². The summed E-state index contributed by atoms with van der Waals surface area (Å²) in [4.78, 5) is 29.0. The molecule has 4 radical (unpaired) electrons. The number of hydrogen-bond acceptors (Lipinski definition) is 6. The van der Waals surface area contributed by atoms with Crippen LogP contribution in [0.1, 0.15) is 13.8 Å². The molecule has 0 aromatic rings. The first kappa shape index (κ1) is 58.2. The summed E-state index contributed by atoms with van der Waals surface area (Å²) in [7, 11) is 8.50. The summed E-state index contributed by atoms with van der Waals surface area (Å²) in [5, 5.41) is 0. The molecule has 0 rings (SSSR count). The molecule has 9 nitrogen and oxygen atoms in total. The average molecular weight is 428 g/mol. The monoisotopic (exact) mass is 428 g/mol. The van der Waals surface area contributed by atoms with Gasteiger partial charge in [0.05, 0.1) is 28.2 Å². The minimum Gasteiger partial charge on any atom is -0.793 e. The van der Waals surface area contributed by atoms with E-state index in [1.165, 1.54) is 0 Å². The third-order valence-corrected chi connectivity index (χ3v) is 0. The van der Waals surface area contributed by atoms with Crippen LogP contribution in [-0.2, 0) is 59.4 Å². The second-order valence-electron chi connectivity index (χ2n) is 3.26. The first-order valence-corrected chi connectivity index (χ1v) is 5.67. The Labute approximate surface area is 159 Å². The normalized spacial score (nSPS) is 5.33. The molecular formula is C8H22Fe2N5O4S2-. The Balaban J connectivity index is -0.0000000117. The van der Waals surface area contributed by atoms with Crippen molar-refractivity contribution >= 4 is 25.3 Å². The zero-order chi connectivity index (χ0) is 17.9. The first-order chi connectivity index (χ1) is 8.83. The fourth-order valence-corrected chi connectivity index (χ4v) is 0. The van der Waals surface area contributed by atoms with Crippen molar-refractivity contribution in [3.8, 4) is 0 Å². The summed E-state index contributed by atoms with van der Waals surface area (Å²) >= 11 is 8.79. The van der Waals surface area contributed by atoms with Crippen molar-refractivity contribution in [2.24, 2.45) is 0 Å². The second kappa shape index (κ2) is 112. The predicted molar refractivity (Wildman–Crippen MR) is 81.8 cm³/mol. The predicted octanol–water partition coefficient (Wildman–Crippen LogP) is -0.365. The van der Waals surface area contributed by atoms with E-state index in [-0.39, 0.29) is 34.1 Å². The fourth-order valence-electron chi connectivity index (χ4n) is 0. The van der Waals surface area contributed by atoms with Gasteiger partial charge < -0.3 is 29.7 Å². The van der Waals surface area contributed by atoms with E-state index in [1.807, 2.05) is 13.8 Å². The van der Waals surface area contributed by atoms with Gasteiger partial charge in [-0.05, 0) is 0 Å². The van der Waals surface area contributed by atoms with Crippen LogP contribution in [0.25, 0.3) is 0 Å². The van der Waals surface area contributed by atoms with Crippen LogP contribution in [0, 0.1) is 19.6 Å². The molecule has 0 aliphatic rings. The Kier molecular flexibility index (Phi) is 310. The third kappa shape index (κ3) is 672000. The van der Waals surface area contributed by atoms with E-state index in [2.05, 4.69) is 53.4 Å². The Bertz CT molecular complexity index is 105. The molecule has 0 spiro atoms. The molecule has 0 N–H and O–H groups in total. The molecule has 0 fully saturated rings.